The van der Waals surface area contributed by atoms with Crippen LogP contribution in [0.1, 0.15) is 64.2 Å². The number of carbonyl (C=O) groups excluding carboxylic acids is 1. The zero-order valence-electron chi connectivity index (χ0n) is 15.9. The number of para-hydroxylation sites is 2. The molecule has 26 heavy (non-hydrogen) atoms. The Kier molecular flexibility index (Phi) is 4.21. The predicted molar refractivity (Wildman–Crippen MR) is 106 cm³/mol. The molecule has 0 spiro atoms. The van der Waals surface area contributed by atoms with Crippen LogP contribution in [0.2, 0.25) is 0 Å². The topological polar surface area (TPSA) is 32.3 Å². The van der Waals surface area contributed by atoms with Crippen molar-refractivity contribution in [2.45, 2.75) is 64.2 Å². The normalized spacial score (nSPS) is 35.5. The van der Waals surface area contributed by atoms with Crippen LogP contribution in [-0.2, 0) is 4.79 Å². The van der Waals surface area contributed by atoms with Crippen LogP contribution in [0.25, 0.3) is 0 Å². The van der Waals surface area contributed by atoms with E-state index in [0.29, 0.717) is 5.41 Å². The molecular formula is C23H32N2O. The molecule has 1 saturated heterocycles. The Morgan fingerprint density at radius 2 is 1.58 bits per heavy atom. The van der Waals surface area contributed by atoms with Crippen molar-refractivity contribution >= 4 is 17.3 Å². The molecule has 5 aliphatic rings. The third kappa shape index (κ3) is 3.14. The highest BCUT2D eigenvalue weighted by Crippen LogP contribution is 2.61. The SMILES string of the molecule is O=C(CC12CC3CC(CC(C3)C1)C2)Nc1ccccc1N1CCCCC1. The van der Waals surface area contributed by atoms with Gasteiger partial charge < -0.3 is 10.2 Å². The maximum atomic E-state index is 13.0. The number of carbonyl (C=O) groups is 1. The smallest absolute Gasteiger partial charge is 0.224 e. The van der Waals surface area contributed by atoms with Gasteiger partial charge in [0.2, 0.25) is 5.91 Å². The highest BCUT2D eigenvalue weighted by Gasteiger charge is 2.51. The van der Waals surface area contributed by atoms with Crippen LogP contribution in [0.4, 0.5) is 11.4 Å². The predicted octanol–water partition coefficient (Wildman–Crippen LogP) is 5.22. The fourth-order valence-corrected chi connectivity index (χ4v) is 7.03. The number of benzene rings is 1. The van der Waals surface area contributed by atoms with Crippen molar-refractivity contribution in [3.63, 3.8) is 0 Å². The Labute approximate surface area is 157 Å². The van der Waals surface area contributed by atoms with Gasteiger partial charge in [-0.1, -0.05) is 12.1 Å². The molecule has 3 heteroatoms. The van der Waals surface area contributed by atoms with Crippen LogP contribution < -0.4 is 10.2 Å². The molecule has 5 fully saturated rings. The van der Waals surface area contributed by atoms with E-state index in [4.69, 9.17) is 0 Å². The van der Waals surface area contributed by atoms with Gasteiger partial charge in [0.15, 0.2) is 0 Å². The highest BCUT2D eigenvalue weighted by atomic mass is 16.1. The summed E-state index contributed by atoms with van der Waals surface area (Å²) in [6, 6.07) is 8.40. The van der Waals surface area contributed by atoms with Gasteiger partial charge in [0, 0.05) is 19.5 Å². The van der Waals surface area contributed by atoms with E-state index in [1.807, 2.05) is 6.07 Å². The van der Waals surface area contributed by atoms with Crippen LogP contribution in [0, 0.1) is 23.2 Å². The Morgan fingerprint density at radius 3 is 2.23 bits per heavy atom. The van der Waals surface area contributed by atoms with Gasteiger partial charge >= 0.3 is 0 Å². The zero-order valence-corrected chi connectivity index (χ0v) is 15.9. The van der Waals surface area contributed by atoms with Crippen LogP contribution in [0.3, 0.4) is 0 Å². The summed E-state index contributed by atoms with van der Waals surface area (Å²) in [6.07, 6.45) is 12.8. The molecule has 0 atom stereocenters. The van der Waals surface area contributed by atoms with Crippen molar-refractivity contribution in [3.05, 3.63) is 24.3 Å². The first-order valence-electron chi connectivity index (χ1n) is 10.8. The molecule has 1 aromatic rings. The maximum Gasteiger partial charge on any atom is 0.224 e. The second-order valence-corrected chi connectivity index (χ2v) is 9.71. The summed E-state index contributed by atoms with van der Waals surface area (Å²) in [7, 11) is 0. The van der Waals surface area contributed by atoms with Crippen molar-refractivity contribution < 1.29 is 4.79 Å². The minimum atomic E-state index is 0.247. The molecule has 1 aromatic carbocycles. The molecule has 4 bridgehead atoms. The lowest BCUT2D eigenvalue weighted by Crippen LogP contribution is -2.47. The summed E-state index contributed by atoms with van der Waals surface area (Å²) in [5, 5.41) is 3.30. The van der Waals surface area contributed by atoms with E-state index in [0.717, 1.165) is 43.0 Å². The Balaban J connectivity index is 1.29. The summed E-state index contributed by atoms with van der Waals surface area (Å²) in [5.74, 6) is 2.98. The summed E-state index contributed by atoms with van der Waals surface area (Å²) in [5.41, 5.74) is 2.55. The average Bonchev–Trinajstić information content (AvgIpc) is 2.61. The van der Waals surface area contributed by atoms with Crippen molar-refractivity contribution in [1.82, 2.24) is 0 Å². The van der Waals surface area contributed by atoms with Crippen molar-refractivity contribution in [2.75, 3.05) is 23.3 Å². The van der Waals surface area contributed by atoms with Gasteiger partial charge in [-0.25, -0.2) is 0 Å². The molecule has 1 amide bonds. The van der Waals surface area contributed by atoms with Crippen molar-refractivity contribution in [2.24, 2.45) is 23.2 Å². The lowest BCUT2D eigenvalue weighted by Gasteiger charge is -2.56. The van der Waals surface area contributed by atoms with Crippen LogP contribution >= 0.6 is 0 Å². The van der Waals surface area contributed by atoms with Gasteiger partial charge in [-0.3, -0.25) is 4.79 Å². The summed E-state index contributed by atoms with van der Waals surface area (Å²) >= 11 is 0. The summed E-state index contributed by atoms with van der Waals surface area (Å²) < 4.78 is 0. The van der Waals surface area contributed by atoms with E-state index in [1.54, 1.807) is 0 Å². The summed E-state index contributed by atoms with van der Waals surface area (Å²) in [6.45, 7) is 2.23. The quantitative estimate of drug-likeness (QED) is 0.805. The Bertz CT molecular complexity index is 641. The third-order valence-electron chi connectivity index (χ3n) is 7.58. The molecule has 6 rings (SSSR count). The lowest BCUT2D eigenvalue weighted by molar-refractivity contribution is -0.124. The highest BCUT2D eigenvalue weighted by molar-refractivity contribution is 5.94. The minimum absolute atomic E-state index is 0.247. The molecule has 0 unspecified atom stereocenters. The second kappa shape index (κ2) is 6.58. The van der Waals surface area contributed by atoms with Gasteiger partial charge in [-0.2, -0.15) is 0 Å². The van der Waals surface area contributed by atoms with Gasteiger partial charge in [-0.15, -0.1) is 0 Å². The number of hydrogen-bond donors (Lipinski definition) is 1. The molecule has 4 saturated carbocycles. The number of hydrogen-bond acceptors (Lipinski definition) is 2. The van der Waals surface area contributed by atoms with Crippen LogP contribution in [-0.4, -0.2) is 19.0 Å². The van der Waals surface area contributed by atoms with E-state index in [9.17, 15) is 4.79 Å². The fraction of sp³-hybridized carbons (Fsp3) is 0.696. The molecule has 0 radical (unpaired) electrons. The first-order chi connectivity index (χ1) is 12.7. The molecule has 0 aromatic heterocycles. The molecule has 4 aliphatic carbocycles. The van der Waals surface area contributed by atoms with E-state index in [-0.39, 0.29) is 5.91 Å². The van der Waals surface area contributed by atoms with E-state index >= 15 is 0 Å². The summed E-state index contributed by atoms with van der Waals surface area (Å²) in [4.78, 5) is 15.5. The second-order valence-electron chi connectivity index (χ2n) is 9.71. The standard InChI is InChI=1S/C23H32N2O/c26-22(16-23-13-17-10-18(14-23)12-19(11-17)15-23)24-20-6-2-3-7-21(20)25-8-4-1-5-9-25/h2-3,6-7,17-19H,1,4-5,8-16H2,(H,24,26). The van der Waals surface area contributed by atoms with Crippen molar-refractivity contribution in [3.8, 4) is 0 Å². The zero-order chi connectivity index (χ0) is 17.6. The Morgan fingerprint density at radius 1 is 0.962 bits per heavy atom. The van der Waals surface area contributed by atoms with Crippen molar-refractivity contribution in [1.29, 1.82) is 0 Å². The number of nitrogens with zero attached hydrogens (tertiary/aromatic N) is 1. The van der Waals surface area contributed by atoms with Gasteiger partial charge in [0.25, 0.3) is 0 Å². The van der Waals surface area contributed by atoms with Gasteiger partial charge in [-0.05, 0) is 93.1 Å². The lowest BCUT2D eigenvalue weighted by atomic mass is 9.49. The van der Waals surface area contributed by atoms with E-state index in [1.165, 1.54) is 63.5 Å². The number of rotatable bonds is 4. The number of anilines is 2. The molecule has 3 nitrogen and oxygen atoms in total. The number of amides is 1. The van der Waals surface area contributed by atoms with Crippen LogP contribution in [0.5, 0.6) is 0 Å². The molecule has 1 heterocycles. The third-order valence-corrected chi connectivity index (χ3v) is 7.58. The van der Waals surface area contributed by atoms with Gasteiger partial charge in [0.1, 0.15) is 0 Å². The Hall–Kier alpha value is -1.51. The first kappa shape index (κ1) is 16.6. The first-order valence-corrected chi connectivity index (χ1v) is 10.8. The number of piperidine rings is 1. The maximum absolute atomic E-state index is 13.0. The van der Waals surface area contributed by atoms with E-state index < -0.39 is 0 Å². The molecular weight excluding hydrogens is 320 g/mol. The molecule has 1 aliphatic heterocycles. The average molecular weight is 353 g/mol. The molecule has 1 N–H and O–H groups in total. The molecule has 140 valence electrons. The largest absolute Gasteiger partial charge is 0.370 e. The van der Waals surface area contributed by atoms with Gasteiger partial charge in [0.05, 0.1) is 11.4 Å². The minimum Gasteiger partial charge on any atom is -0.370 e. The number of nitrogens with one attached hydrogen (secondary N) is 1. The van der Waals surface area contributed by atoms with E-state index in [2.05, 4.69) is 28.4 Å². The monoisotopic (exact) mass is 352 g/mol. The van der Waals surface area contributed by atoms with Crippen LogP contribution in [0.15, 0.2) is 24.3 Å². The fourth-order valence-electron chi connectivity index (χ4n) is 7.03.